The predicted molar refractivity (Wildman–Crippen MR) is 118 cm³/mol. The number of aromatic nitrogens is 2. The van der Waals surface area contributed by atoms with Crippen LogP contribution in [0.3, 0.4) is 0 Å². The van der Waals surface area contributed by atoms with E-state index in [0.29, 0.717) is 16.4 Å². The zero-order chi connectivity index (χ0) is 21.3. The minimum atomic E-state index is -4.27. The summed E-state index contributed by atoms with van der Waals surface area (Å²) < 4.78 is 32.2. The summed E-state index contributed by atoms with van der Waals surface area (Å²) in [7, 11) is -4.27. The minimum absolute atomic E-state index is 0.151. The standard InChI is InChI=1S/C23H17ClN2O3S/c1-15-12-22(16-8-10-20(24)11-9-16)26-23(25-15)19-6-2-4-17(13-19)18-5-3-7-21(14-18)30(27,28)29/h2-14H,1H3,(H,27,28,29). The summed E-state index contributed by atoms with van der Waals surface area (Å²) in [5, 5.41) is 0.657. The van der Waals surface area contributed by atoms with Crippen LogP contribution in [0.25, 0.3) is 33.8 Å². The highest BCUT2D eigenvalue weighted by Gasteiger charge is 2.12. The summed E-state index contributed by atoms with van der Waals surface area (Å²) in [5.74, 6) is 0.563. The van der Waals surface area contributed by atoms with Crippen molar-refractivity contribution < 1.29 is 13.0 Å². The van der Waals surface area contributed by atoms with Crippen molar-refractivity contribution in [3.8, 4) is 33.8 Å². The summed E-state index contributed by atoms with van der Waals surface area (Å²) in [6.07, 6.45) is 0. The molecule has 0 aliphatic heterocycles. The van der Waals surface area contributed by atoms with Crippen molar-refractivity contribution in [3.63, 3.8) is 0 Å². The van der Waals surface area contributed by atoms with Crippen LogP contribution < -0.4 is 0 Å². The van der Waals surface area contributed by atoms with Gasteiger partial charge in [0.25, 0.3) is 10.1 Å². The number of benzene rings is 3. The molecule has 0 saturated carbocycles. The van der Waals surface area contributed by atoms with Crippen molar-refractivity contribution in [3.05, 3.63) is 89.6 Å². The lowest BCUT2D eigenvalue weighted by Gasteiger charge is -2.09. The Morgan fingerprint density at radius 2 is 1.40 bits per heavy atom. The van der Waals surface area contributed by atoms with E-state index in [-0.39, 0.29) is 4.90 Å². The number of nitrogens with zero attached hydrogens (tertiary/aromatic N) is 2. The van der Waals surface area contributed by atoms with Gasteiger partial charge in [-0.15, -0.1) is 0 Å². The highest BCUT2D eigenvalue weighted by molar-refractivity contribution is 7.85. The second-order valence-corrected chi connectivity index (χ2v) is 8.67. The van der Waals surface area contributed by atoms with E-state index in [0.717, 1.165) is 28.1 Å². The highest BCUT2D eigenvalue weighted by atomic mass is 35.5. The van der Waals surface area contributed by atoms with E-state index in [1.807, 2.05) is 61.5 Å². The fourth-order valence-corrected chi connectivity index (χ4v) is 3.79. The van der Waals surface area contributed by atoms with Gasteiger partial charge in [0, 0.05) is 21.8 Å². The van der Waals surface area contributed by atoms with Crippen molar-refractivity contribution in [2.75, 3.05) is 0 Å². The van der Waals surface area contributed by atoms with Crippen LogP contribution in [0.4, 0.5) is 0 Å². The molecular formula is C23H17ClN2O3S. The number of halogens is 1. The first-order valence-corrected chi connectivity index (χ1v) is 10.9. The van der Waals surface area contributed by atoms with Gasteiger partial charge in [-0.1, -0.05) is 54.1 Å². The van der Waals surface area contributed by atoms with E-state index in [9.17, 15) is 13.0 Å². The molecule has 0 spiro atoms. The Hall–Kier alpha value is -3.06. The number of aryl methyl sites for hydroxylation is 1. The fraction of sp³-hybridized carbons (Fsp3) is 0.0435. The lowest BCUT2D eigenvalue weighted by atomic mass is 10.0. The quantitative estimate of drug-likeness (QED) is 0.416. The summed E-state index contributed by atoms with van der Waals surface area (Å²) in [5.41, 5.74) is 4.79. The Balaban J connectivity index is 1.77. The zero-order valence-electron chi connectivity index (χ0n) is 15.9. The van der Waals surface area contributed by atoms with Crippen LogP contribution in [0.2, 0.25) is 5.02 Å². The molecule has 0 unspecified atom stereocenters. The van der Waals surface area contributed by atoms with Crippen LogP contribution in [0.15, 0.2) is 83.8 Å². The topological polar surface area (TPSA) is 80.2 Å². The molecule has 0 radical (unpaired) electrons. The van der Waals surface area contributed by atoms with Gasteiger partial charge in [0.15, 0.2) is 5.82 Å². The first kappa shape index (κ1) is 20.2. The Bertz CT molecular complexity index is 1340. The fourth-order valence-electron chi connectivity index (χ4n) is 3.14. The smallest absolute Gasteiger partial charge is 0.282 e. The van der Waals surface area contributed by atoms with Crippen LogP contribution >= 0.6 is 11.6 Å². The molecule has 150 valence electrons. The molecule has 4 rings (SSSR count). The molecule has 0 saturated heterocycles. The van der Waals surface area contributed by atoms with Crippen LogP contribution in [0, 0.1) is 6.92 Å². The van der Waals surface area contributed by atoms with E-state index in [2.05, 4.69) is 4.98 Å². The van der Waals surface area contributed by atoms with E-state index in [4.69, 9.17) is 16.6 Å². The van der Waals surface area contributed by atoms with E-state index < -0.39 is 10.1 Å². The van der Waals surface area contributed by atoms with Crippen LogP contribution in [0.1, 0.15) is 5.69 Å². The van der Waals surface area contributed by atoms with Crippen LogP contribution in [-0.2, 0) is 10.1 Å². The first-order valence-electron chi connectivity index (χ1n) is 9.09. The molecule has 1 aromatic heterocycles. The summed E-state index contributed by atoms with van der Waals surface area (Å²) >= 11 is 5.99. The van der Waals surface area contributed by atoms with Gasteiger partial charge < -0.3 is 0 Å². The van der Waals surface area contributed by atoms with Gasteiger partial charge in [0.2, 0.25) is 0 Å². The third-order valence-corrected chi connectivity index (χ3v) is 5.68. The molecule has 0 amide bonds. The third kappa shape index (κ3) is 4.41. The maximum atomic E-state index is 11.5. The molecule has 7 heteroatoms. The maximum Gasteiger partial charge on any atom is 0.294 e. The SMILES string of the molecule is Cc1cc(-c2ccc(Cl)cc2)nc(-c2cccc(-c3cccc(S(=O)(=O)O)c3)c2)n1. The molecule has 0 atom stereocenters. The van der Waals surface area contributed by atoms with E-state index in [1.54, 1.807) is 12.1 Å². The largest absolute Gasteiger partial charge is 0.294 e. The molecular weight excluding hydrogens is 420 g/mol. The van der Waals surface area contributed by atoms with Gasteiger partial charge in [-0.3, -0.25) is 4.55 Å². The van der Waals surface area contributed by atoms with Crippen molar-refractivity contribution in [2.24, 2.45) is 0 Å². The van der Waals surface area contributed by atoms with Crippen molar-refractivity contribution in [1.82, 2.24) is 9.97 Å². The molecule has 5 nitrogen and oxygen atoms in total. The average molecular weight is 437 g/mol. The molecule has 0 aliphatic carbocycles. The summed E-state index contributed by atoms with van der Waals surface area (Å²) in [4.78, 5) is 9.12. The first-order chi connectivity index (χ1) is 14.3. The number of rotatable bonds is 4. The van der Waals surface area contributed by atoms with Gasteiger partial charge >= 0.3 is 0 Å². The zero-order valence-corrected chi connectivity index (χ0v) is 17.5. The van der Waals surface area contributed by atoms with Gasteiger partial charge in [-0.05, 0) is 54.4 Å². The lowest BCUT2D eigenvalue weighted by Crippen LogP contribution is -1.98. The summed E-state index contributed by atoms with van der Waals surface area (Å²) in [6, 6.07) is 23.0. The summed E-state index contributed by atoms with van der Waals surface area (Å²) in [6.45, 7) is 1.91. The molecule has 0 aliphatic rings. The second-order valence-electron chi connectivity index (χ2n) is 6.81. The van der Waals surface area contributed by atoms with E-state index >= 15 is 0 Å². The Labute approximate surface area is 179 Å². The lowest BCUT2D eigenvalue weighted by molar-refractivity contribution is 0.483. The van der Waals surface area contributed by atoms with E-state index in [1.165, 1.54) is 12.1 Å². The molecule has 30 heavy (non-hydrogen) atoms. The van der Waals surface area contributed by atoms with Crippen LogP contribution in [0.5, 0.6) is 0 Å². The molecule has 0 bridgehead atoms. The Morgan fingerprint density at radius 3 is 2.10 bits per heavy atom. The van der Waals surface area contributed by atoms with Gasteiger partial charge in [-0.2, -0.15) is 8.42 Å². The average Bonchev–Trinajstić information content (AvgIpc) is 2.73. The van der Waals surface area contributed by atoms with Crippen molar-refractivity contribution >= 4 is 21.7 Å². The monoisotopic (exact) mass is 436 g/mol. The second kappa shape index (κ2) is 7.99. The predicted octanol–water partition coefficient (Wildman–Crippen LogP) is 5.69. The van der Waals surface area contributed by atoms with Gasteiger partial charge in [0.1, 0.15) is 0 Å². The third-order valence-electron chi connectivity index (χ3n) is 4.58. The van der Waals surface area contributed by atoms with Crippen LogP contribution in [-0.4, -0.2) is 22.9 Å². The number of hydrogen-bond acceptors (Lipinski definition) is 4. The van der Waals surface area contributed by atoms with Crippen molar-refractivity contribution in [1.29, 1.82) is 0 Å². The maximum absolute atomic E-state index is 11.5. The van der Waals surface area contributed by atoms with Gasteiger partial charge in [-0.25, -0.2) is 9.97 Å². The molecule has 1 N–H and O–H groups in total. The number of hydrogen-bond donors (Lipinski definition) is 1. The molecule has 3 aromatic carbocycles. The molecule has 0 fully saturated rings. The normalized spacial score (nSPS) is 11.4. The minimum Gasteiger partial charge on any atom is -0.282 e. The molecule has 4 aromatic rings. The van der Waals surface area contributed by atoms with Gasteiger partial charge in [0.05, 0.1) is 10.6 Å². The Kier molecular flexibility index (Phi) is 5.39. The molecule has 1 heterocycles. The Morgan fingerprint density at radius 1 is 0.767 bits per heavy atom. The highest BCUT2D eigenvalue weighted by Crippen LogP contribution is 2.28. The van der Waals surface area contributed by atoms with Crippen molar-refractivity contribution in [2.45, 2.75) is 11.8 Å².